The summed E-state index contributed by atoms with van der Waals surface area (Å²) < 4.78 is 42.0. The number of rotatable bonds is 18. The molecule has 0 saturated heterocycles. The Hall–Kier alpha value is -5.60. The SMILES string of the molecule is CCNC(=O)[C@@H](NC(=O)[C@H](C)NC[C@H](Cc1ccccc1)NC(=O)c1cc(C(=O)N[C@H](C)c2ccccc2)cc(N(C)S(=O)(=O)c2ccc(F)cc2)c1)C(C)C. The first-order chi connectivity index (χ1) is 26.6. The third-order valence-electron chi connectivity index (χ3n) is 9.25. The molecule has 0 unspecified atom stereocenters. The molecule has 0 aliphatic rings. The number of nitrogens with one attached hydrogen (secondary N) is 5. The Morgan fingerprint density at radius 2 is 1.30 bits per heavy atom. The third kappa shape index (κ3) is 11.7. The van der Waals surface area contributed by atoms with E-state index < -0.39 is 57.7 Å². The fourth-order valence-electron chi connectivity index (χ4n) is 5.91. The zero-order valence-electron chi connectivity index (χ0n) is 32.5. The van der Waals surface area contributed by atoms with Gasteiger partial charge in [-0.2, -0.15) is 0 Å². The summed E-state index contributed by atoms with van der Waals surface area (Å²) in [6.45, 7) is 9.52. The van der Waals surface area contributed by atoms with Crippen molar-refractivity contribution in [3.63, 3.8) is 0 Å². The van der Waals surface area contributed by atoms with Crippen LogP contribution in [0.2, 0.25) is 0 Å². The van der Waals surface area contributed by atoms with Crippen molar-refractivity contribution in [3.8, 4) is 0 Å². The lowest BCUT2D eigenvalue weighted by Gasteiger charge is -2.26. The standard InChI is InChI=1S/C42H51FN6O6S/c1-7-44-42(53)38(27(2)3)48-39(50)29(5)45-26-35(22-30-14-10-8-11-15-30)47-41(52)33-23-32(40(51)46-28(4)31-16-12-9-13-17-31)24-36(25-33)49(6)56(54,55)37-20-18-34(43)19-21-37/h8-21,23-25,27-29,35,38,45H,7,22,26H2,1-6H3,(H,44,53)(H,46,51)(H,47,52)(H,48,50)/t28-,29+,35+,38+/m1/s1. The van der Waals surface area contributed by atoms with Gasteiger partial charge in [-0.05, 0) is 86.7 Å². The van der Waals surface area contributed by atoms with Crippen LogP contribution in [0.25, 0.3) is 0 Å². The predicted molar refractivity (Wildman–Crippen MR) is 215 cm³/mol. The van der Waals surface area contributed by atoms with Crippen molar-refractivity contribution in [1.29, 1.82) is 0 Å². The summed E-state index contributed by atoms with van der Waals surface area (Å²) in [5, 5.41) is 14.7. The molecule has 4 rings (SSSR count). The van der Waals surface area contributed by atoms with Gasteiger partial charge in [-0.1, -0.05) is 74.5 Å². The molecule has 5 N–H and O–H groups in total. The van der Waals surface area contributed by atoms with Gasteiger partial charge >= 0.3 is 0 Å². The first-order valence-corrected chi connectivity index (χ1v) is 20.0. The molecule has 56 heavy (non-hydrogen) atoms. The second-order valence-corrected chi connectivity index (χ2v) is 15.9. The second-order valence-electron chi connectivity index (χ2n) is 13.9. The summed E-state index contributed by atoms with van der Waals surface area (Å²) in [5.74, 6) is -2.57. The van der Waals surface area contributed by atoms with Gasteiger partial charge in [0.1, 0.15) is 11.9 Å². The zero-order valence-corrected chi connectivity index (χ0v) is 33.3. The normalized spacial score (nSPS) is 13.5. The van der Waals surface area contributed by atoms with Crippen LogP contribution in [0, 0.1) is 11.7 Å². The summed E-state index contributed by atoms with van der Waals surface area (Å²) >= 11 is 0. The number of hydrogen-bond acceptors (Lipinski definition) is 7. The molecule has 0 aliphatic heterocycles. The van der Waals surface area contributed by atoms with Crippen LogP contribution >= 0.6 is 0 Å². The van der Waals surface area contributed by atoms with E-state index in [0.29, 0.717) is 13.0 Å². The van der Waals surface area contributed by atoms with Gasteiger partial charge in [0.15, 0.2) is 0 Å². The van der Waals surface area contributed by atoms with E-state index in [-0.39, 0.29) is 40.1 Å². The first kappa shape index (κ1) is 43.1. The highest BCUT2D eigenvalue weighted by molar-refractivity contribution is 7.92. The van der Waals surface area contributed by atoms with Gasteiger partial charge in [0.05, 0.1) is 22.7 Å². The average Bonchev–Trinajstić information content (AvgIpc) is 3.18. The number of hydrogen-bond donors (Lipinski definition) is 5. The Morgan fingerprint density at radius 1 is 0.732 bits per heavy atom. The quantitative estimate of drug-likeness (QED) is 0.0973. The molecule has 4 aromatic carbocycles. The van der Waals surface area contributed by atoms with E-state index in [4.69, 9.17) is 0 Å². The highest BCUT2D eigenvalue weighted by atomic mass is 32.2. The maximum Gasteiger partial charge on any atom is 0.264 e. The fraction of sp³-hybridized carbons (Fsp3) is 0.333. The van der Waals surface area contributed by atoms with Gasteiger partial charge in [0.25, 0.3) is 21.8 Å². The van der Waals surface area contributed by atoms with Crippen LogP contribution in [-0.2, 0) is 26.0 Å². The molecule has 14 heteroatoms. The van der Waals surface area contributed by atoms with E-state index >= 15 is 0 Å². The molecule has 0 heterocycles. The number of carbonyl (C=O) groups is 4. The molecule has 4 amide bonds. The molecule has 0 aromatic heterocycles. The number of amides is 4. The summed E-state index contributed by atoms with van der Waals surface area (Å²) in [6.07, 6.45) is 0.363. The highest BCUT2D eigenvalue weighted by Gasteiger charge is 2.28. The molecule has 0 bridgehead atoms. The van der Waals surface area contributed by atoms with Crippen molar-refractivity contribution >= 4 is 39.3 Å². The lowest BCUT2D eigenvalue weighted by atomic mass is 10.0. The van der Waals surface area contributed by atoms with Crippen molar-refractivity contribution in [1.82, 2.24) is 26.6 Å². The number of halogens is 1. The van der Waals surface area contributed by atoms with Gasteiger partial charge in [-0.3, -0.25) is 23.5 Å². The molecule has 12 nitrogen and oxygen atoms in total. The van der Waals surface area contributed by atoms with Gasteiger partial charge in [0, 0.05) is 37.3 Å². The molecule has 0 radical (unpaired) electrons. The molecule has 0 fully saturated rings. The summed E-state index contributed by atoms with van der Waals surface area (Å²) in [7, 11) is -2.96. The average molecular weight is 787 g/mol. The second kappa shape index (κ2) is 19.8. The smallest absolute Gasteiger partial charge is 0.264 e. The maximum atomic E-state index is 14.1. The highest BCUT2D eigenvalue weighted by Crippen LogP contribution is 2.26. The topological polar surface area (TPSA) is 166 Å². The van der Waals surface area contributed by atoms with Crippen LogP contribution in [0.3, 0.4) is 0 Å². The molecular weight excluding hydrogens is 736 g/mol. The Balaban J connectivity index is 1.64. The number of nitrogens with zero attached hydrogens (tertiary/aromatic N) is 1. The van der Waals surface area contributed by atoms with Gasteiger partial charge in [0.2, 0.25) is 11.8 Å². The monoisotopic (exact) mass is 786 g/mol. The van der Waals surface area contributed by atoms with Crippen molar-refractivity contribution in [2.75, 3.05) is 24.4 Å². The zero-order chi connectivity index (χ0) is 41.0. The Bertz CT molecular complexity index is 2070. The minimum absolute atomic E-state index is 0.00624. The maximum absolute atomic E-state index is 14.1. The minimum atomic E-state index is -4.24. The van der Waals surface area contributed by atoms with Crippen molar-refractivity contribution in [2.24, 2.45) is 5.92 Å². The number of sulfonamides is 1. The van der Waals surface area contributed by atoms with Crippen molar-refractivity contribution < 1.29 is 32.0 Å². The van der Waals surface area contributed by atoms with E-state index in [1.165, 1.54) is 25.2 Å². The molecule has 0 spiro atoms. The summed E-state index contributed by atoms with van der Waals surface area (Å²) in [6, 6.07) is 24.7. The van der Waals surface area contributed by atoms with Gasteiger partial charge in [-0.25, -0.2) is 12.8 Å². The molecule has 0 saturated carbocycles. The predicted octanol–water partition coefficient (Wildman–Crippen LogP) is 4.74. The van der Waals surface area contributed by atoms with Crippen molar-refractivity contribution in [3.05, 3.63) is 131 Å². The van der Waals surface area contributed by atoms with Crippen molar-refractivity contribution in [2.45, 2.75) is 70.1 Å². The van der Waals surface area contributed by atoms with E-state index in [0.717, 1.165) is 39.7 Å². The van der Waals surface area contributed by atoms with Crippen LogP contribution in [0.5, 0.6) is 0 Å². The summed E-state index contributed by atoms with van der Waals surface area (Å²) in [5.41, 5.74) is 1.81. The number of carbonyl (C=O) groups excluding carboxylic acids is 4. The van der Waals surface area contributed by atoms with E-state index in [1.54, 1.807) is 20.8 Å². The van der Waals surface area contributed by atoms with Gasteiger partial charge in [-0.15, -0.1) is 0 Å². The molecule has 4 atom stereocenters. The lowest BCUT2D eigenvalue weighted by Crippen LogP contribution is -2.55. The summed E-state index contributed by atoms with van der Waals surface area (Å²) in [4.78, 5) is 53.4. The van der Waals surface area contributed by atoms with Crippen LogP contribution in [0.15, 0.2) is 108 Å². The number of likely N-dealkylation sites (N-methyl/N-ethyl adjacent to an activating group) is 1. The molecule has 4 aromatic rings. The number of benzene rings is 4. The van der Waals surface area contributed by atoms with E-state index in [9.17, 15) is 32.0 Å². The lowest BCUT2D eigenvalue weighted by molar-refractivity contribution is -0.130. The largest absolute Gasteiger partial charge is 0.355 e. The molecular formula is C42H51FN6O6S. The van der Waals surface area contributed by atoms with Crippen LogP contribution < -0.4 is 30.9 Å². The Kier molecular flexibility index (Phi) is 15.3. The first-order valence-electron chi connectivity index (χ1n) is 18.5. The minimum Gasteiger partial charge on any atom is -0.355 e. The fourth-order valence-corrected chi connectivity index (χ4v) is 7.09. The van der Waals surface area contributed by atoms with Crippen LogP contribution in [0.4, 0.5) is 10.1 Å². The molecule has 298 valence electrons. The molecule has 0 aliphatic carbocycles. The Labute approximate surface area is 328 Å². The van der Waals surface area contributed by atoms with Crippen LogP contribution in [0.1, 0.15) is 72.5 Å². The van der Waals surface area contributed by atoms with Gasteiger partial charge < -0.3 is 26.6 Å². The number of anilines is 1. The van der Waals surface area contributed by atoms with E-state index in [1.807, 2.05) is 74.5 Å². The third-order valence-corrected chi connectivity index (χ3v) is 11.0. The van der Waals surface area contributed by atoms with E-state index in [2.05, 4.69) is 26.6 Å². The Morgan fingerprint density at radius 3 is 1.88 bits per heavy atom. The van der Waals surface area contributed by atoms with Crippen LogP contribution in [-0.4, -0.2) is 70.3 Å².